The molecule has 5 nitrogen and oxygen atoms in total. The SMILES string of the molecule is Cc1cc(O[C@H]2C[C@H](NC(=O)c3ccc4c(c3)CN(C)C4)C2(C)C)ccc1C#N. The van der Waals surface area contributed by atoms with Crippen LogP contribution in [0.3, 0.4) is 0 Å². The van der Waals surface area contributed by atoms with Crippen molar-refractivity contribution in [3.63, 3.8) is 0 Å². The van der Waals surface area contributed by atoms with Crippen molar-refractivity contribution in [2.45, 2.75) is 52.4 Å². The average Bonchev–Trinajstić information content (AvgIpc) is 3.06. The first kappa shape index (κ1) is 19.5. The van der Waals surface area contributed by atoms with Gasteiger partial charge in [0.1, 0.15) is 11.9 Å². The molecule has 1 N–H and O–H groups in total. The van der Waals surface area contributed by atoms with E-state index in [4.69, 9.17) is 10.00 Å². The van der Waals surface area contributed by atoms with Crippen LogP contribution in [0.1, 0.15) is 52.9 Å². The normalized spacial score (nSPS) is 22.3. The number of hydrogen-bond donors (Lipinski definition) is 1. The Bertz CT molecular complexity index is 1010. The predicted octanol–water partition coefficient (Wildman–Crippen LogP) is 3.79. The molecule has 150 valence electrons. The molecule has 1 aliphatic heterocycles. The number of rotatable bonds is 4. The van der Waals surface area contributed by atoms with Crippen molar-refractivity contribution in [3.05, 3.63) is 64.2 Å². The summed E-state index contributed by atoms with van der Waals surface area (Å²) in [6, 6.07) is 13.8. The summed E-state index contributed by atoms with van der Waals surface area (Å²) >= 11 is 0. The highest BCUT2D eigenvalue weighted by Crippen LogP contribution is 2.43. The molecule has 0 spiro atoms. The number of nitriles is 1. The first-order valence-electron chi connectivity index (χ1n) is 10.1. The molecule has 4 rings (SSSR count). The molecule has 0 saturated heterocycles. The number of benzene rings is 2. The van der Waals surface area contributed by atoms with Crippen molar-refractivity contribution < 1.29 is 9.53 Å². The number of aryl methyl sites for hydroxylation is 1. The Balaban J connectivity index is 1.39. The monoisotopic (exact) mass is 389 g/mol. The molecule has 2 aliphatic rings. The Labute approximate surface area is 172 Å². The van der Waals surface area contributed by atoms with E-state index in [1.807, 2.05) is 31.2 Å². The highest BCUT2D eigenvalue weighted by atomic mass is 16.5. The molecule has 0 aromatic heterocycles. The number of ether oxygens (including phenoxy) is 1. The van der Waals surface area contributed by atoms with Crippen LogP contribution in [0.4, 0.5) is 0 Å². The summed E-state index contributed by atoms with van der Waals surface area (Å²) in [7, 11) is 2.09. The minimum absolute atomic E-state index is 0.0203. The van der Waals surface area contributed by atoms with Gasteiger partial charge in [0.25, 0.3) is 5.91 Å². The molecule has 2 aromatic rings. The Kier molecular flexibility index (Phi) is 4.84. The summed E-state index contributed by atoms with van der Waals surface area (Å²) in [6.07, 6.45) is 0.791. The molecule has 0 unspecified atom stereocenters. The van der Waals surface area contributed by atoms with Gasteiger partial charge in [-0.15, -0.1) is 0 Å². The number of fused-ring (bicyclic) bond motifs is 1. The van der Waals surface area contributed by atoms with Crippen LogP contribution in [-0.2, 0) is 13.1 Å². The summed E-state index contributed by atoms with van der Waals surface area (Å²) in [5.74, 6) is 0.750. The number of hydrogen-bond acceptors (Lipinski definition) is 4. The zero-order valence-electron chi connectivity index (χ0n) is 17.5. The van der Waals surface area contributed by atoms with Crippen molar-refractivity contribution in [2.75, 3.05) is 7.05 Å². The third-order valence-corrected chi connectivity index (χ3v) is 6.43. The van der Waals surface area contributed by atoms with Gasteiger partial charge in [-0.3, -0.25) is 9.69 Å². The van der Waals surface area contributed by atoms with E-state index < -0.39 is 0 Å². The van der Waals surface area contributed by atoms with Crippen molar-refractivity contribution >= 4 is 5.91 Å². The van der Waals surface area contributed by atoms with Gasteiger partial charge in [0.15, 0.2) is 0 Å². The van der Waals surface area contributed by atoms with Crippen molar-refractivity contribution in [1.29, 1.82) is 5.26 Å². The molecule has 1 amide bonds. The fourth-order valence-electron chi connectivity index (χ4n) is 4.28. The smallest absolute Gasteiger partial charge is 0.251 e. The van der Waals surface area contributed by atoms with Gasteiger partial charge in [0.2, 0.25) is 0 Å². The highest BCUT2D eigenvalue weighted by Gasteiger charge is 2.50. The van der Waals surface area contributed by atoms with Crippen LogP contribution in [0.25, 0.3) is 0 Å². The van der Waals surface area contributed by atoms with Gasteiger partial charge in [-0.05, 0) is 61.0 Å². The number of amides is 1. The fraction of sp³-hybridized carbons (Fsp3) is 0.417. The highest BCUT2D eigenvalue weighted by molar-refractivity contribution is 5.94. The molecule has 1 heterocycles. The first-order chi connectivity index (χ1) is 13.8. The van der Waals surface area contributed by atoms with E-state index >= 15 is 0 Å². The van der Waals surface area contributed by atoms with Gasteiger partial charge < -0.3 is 10.1 Å². The Morgan fingerprint density at radius 3 is 2.66 bits per heavy atom. The third kappa shape index (κ3) is 3.61. The lowest BCUT2D eigenvalue weighted by Crippen LogP contribution is -2.63. The molecule has 1 fully saturated rings. The summed E-state index contributed by atoms with van der Waals surface area (Å²) in [5.41, 5.74) is 4.67. The molecule has 0 radical (unpaired) electrons. The number of nitrogens with zero attached hydrogens (tertiary/aromatic N) is 2. The van der Waals surface area contributed by atoms with Crippen molar-refractivity contribution in [3.8, 4) is 11.8 Å². The minimum atomic E-state index is -0.172. The molecule has 2 aromatic carbocycles. The van der Waals surface area contributed by atoms with Crippen LogP contribution in [-0.4, -0.2) is 30.0 Å². The number of carbonyl (C=O) groups is 1. The fourth-order valence-corrected chi connectivity index (χ4v) is 4.28. The lowest BCUT2D eigenvalue weighted by molar-refractivity contribution is -0.0515. The van der Waals surface area contributed by atoms with Crippen LogP contribution >= 0.6 is 0 Å². The number of nitrogens with one attached hydrogen (secondary N) is 1. The van der Waals surface area contributed by atoms with E-state index in [0.717, 1.165) is 36.4 Å². The average molecular weight is 389 g/mol. The molecule has 29 heavy (non-hydrogen) atoms. The summed E-state index contributed by atoms with van der Waals surface area (Å²) in [5, 5.41) is 12.3. The second kappa shape index (κ2) is 7.20. The van der Waals surface area contributed by atoms with Crippen molar-refractivity contribution in [1.82, 2.24) is 10.2 Å². The van der Waals surface area contributed by atoms with E-state index in [2.05, 4.69) is 43.2 Å². The summed E-state index contributed by atoms with van der Waals surface area (Å²) in [4.78, 5) is 15.0. The van der Waals surface area contributed by atoms with Gasteiger partial charge in [-0.2, -0.15) is 5.26 Å². The van der Waals surface area contributed by atoms with Crippen LogP contribution < -0.4 is 10.1 Å². The molecule has 1 saturated carbocycles. The number of carbonyl (C=O) groups excluding carboxylic acids is 1. The summed E-state index contributed by atoms with van der Waals surface area (Å²) in [6.45, 7) is 8.00. The molecule has 5 heteroatoms. The predicted molar refractivity (Wildman–Crippen MR) is 112 cm³/mol. The summed E-state index contributed by atoms with van der Waals surface area (Å²) < 4.78 is 6.17. The van der Waals surface area contributed by atoms with Crippen LogP contribution in [0.2, 0.25) is 0 Å². The third-order valence-electron chi connectivity index (χ3n) is 6.43. The molecule has 0 bridgehead atoms. The van der Waals surface area contributed by atoms with E-state index in [-0.39, 0.29) is 23.5 Å². The largest absolute Gasteiger partial charge is 0.490 e. The second-order valence-corrected chi connectivity index (χ2v) is 8.93. The Hall–Kier alpha value is -2.84. The topological polar surface area (TPSA) is 65.4 Å². The lowest BCUT2D eigenvalue weighted by Gasteiger charge is -2.51. The Morgan fingerprint density at radius 2 is 1.97 bits per heavy atom. The maximum Gasteiger partial charge on any atom is 0.251 e. The molecular weight excluding hydrogens is 362 g/mol. The molecular formula is C24H27N3O2. The van der Waals surface area contributed by atoms with Gasteiger partial charge in [-0.1, -0.05) is 19.9 Å². The second-order valence-electron chi connectivity index (χ2n) is 8.93. The Morgan fingerprint density at radius 1 is 1.21 bits per heavy atom. The van der Waals surface area contributed by atoms with Crippen LogP contribution in [0.15, 0.2) is 36.4 Å². The lowest BCUT2D eigenvalue weighted by atomic mass is 9.64. The van der Waals surface area contributed by atoms with Gasteiger partial charge in [0.05, 0.1) is 11.6 Å². The van der Waals surface area contributed by atoms with E-state index in [0.29, 0.717) is 5.56 Å². The van der Waals surface area contributed by atoms with Gasteiger partial charge in [0, 0.05) is 36.5 Å². The van der Waals surface area contributed by atoms with E-state index in [9.17, 15) is 4.79 Å². The first-order valence-corrected chi connectivity index (χ1v) is 10.1. The quantitative estimate of drug-likeness (QED) is 0.864. The van der Waals surface area contributed by atoms with Crippen LogP contribution in [0.5, 0.6) is 5.75 Å². The van der Waals surface area contributed by atoms with E-state index in [1.54, 1.807) is 6.07 Å². The molecule has 1 aliphatic carbocycles. The minimum Gasteiger partial charge on any atom is -0.490 e. The van der Waals surface area contributed by atoms with Crippen LogP contribution in [0, 0.1) is 23.7 Å². The standard InChI is InChI=1S/C24H27N3O2/c1-15-9-20(8-7-17(15)12-25)29-22-11-21(24(22,2)3)26-23(28)16-5-6-18-13-27(4)14-19(18)10-16/h5-10,21-22H,11,13-14H2,1-4H3,(H,26,28)/t21-,22-/m0/s1. The zero-order valence-corrected chi connectivity index (χ0v) is 17.5. The molecule has 2 atom stereocenters. The van der Waals surface area contributed by atoms with E-state index in [1.165, 1.54) is 11.1 Å². The maximum absolute atomic E-state index is 12.8. The maximum atomic E-state index is 12.8. The van der Waals surface area contributed by atoms with Crippen molar-refractivity contribution in [2.24, 2.45) is 5.41 Å². The van der Waals surface area contributed by atoms with Gasteiger partial charge in [-0.25, -0.2) is 0 Å². The van der Waals surface area contributed by atoms with Gasteiger partial charge >= 0.3 is 0 Å². The zero-order chi connectivity index (χ0) is 20.8.